The van der Waals surface area contributed by atoms with Gasteiger partial charge in [0.2, 0.25) is 0 Å². The smallest absolute Gasteiger partial charge is 0.0667 e. The van der Waals surface area contributed by atoms with E-state index in [2.05, 4.69) is 5.32 Å². The first-order chi connectivity index (χ1) is 8.65. The zero-order chi connectivity index (χ0) is 13.0. The van der Waals surface area contributed by atoms with Gasteiger partial charge in [0.15, 0.2) is 0 Å². The van der Waals surface area contributed by atoms with E-state index in [4.69, 9.17) is 16.3 Å². The molecule has 1 aromatic carbocycles. The number of halogens is 1. The Kier molecular flexibility index (Phi) is 5.03. The molecule has 100 valence electrons. The molecule has 1 saturated heterocycles. The largest absolute Gasteiger partial charge is 0.380 e. The molecule has 0 aliphatic carbocycles. The maximum absolute atomic E-state index is 11.3. The van der Waals surface area contributed by atoms with Crippen LogP contribution in [0.3, 0.4) is 0 Å². The van der Waals surface area contributed by atoms with Crippen molar-refractivity contribution in [2.45, 2.75) is 24.6 Å². The third-order valence-corrected chi connectivity index (χ3v) is 4.02. The maximum atomic E-state index is 11.3. The van der Waals surface area contributed by atoms with E-state index in [1.165, 1.54) is 0 Å². The fourth-order valence-electron chi connectivity index (χ4n) is 2.08. The van der Waals surface area contributed by atoms with Crippen molar-refractivity contribution in [3.8, 4) is 0 Å². The van der Waals surface area contributed by atoms with Gasteiger partial charge in [-0.3, -0.25) is 4.21 Å². The summed E-state index contributed by atoms with van der Waals surface area (Å²) in [6, 6.07) is 6.16. The number of rotatable bonds is 4. The highest BCUT2D eigenvalue weighted by molar-refractivity contribution is 7.83. The summed E-state index contributed by atoms with van der Waals surface area (Å²) in [7, 11) is -0.879. The van der Waals surface area contributed by atoms with Crippen LogP contribution in [-0.2, 0) is 21.3 Å². The highest BCUT2D eigenvalue weighted by Gasteiger charge is 2.14. The maximum Gasteiger partial charge on any atom is 0.0667 e. The van der Waals surface area contributed by atoms with E-state index in [1.807, 2.05) is 18.2 Å². The fraction of sp³-hybridized carbons (Fsp3) is 0.538. The van der Waals surface area contributed by atoms with E-state index in [9.17, 15) is 4.21 Å². The molecule has 0 unspecified atom stereocenters. The first-order valence-electron chi connectivity index (χ1n) is 6.08. The topological polar surface area (TPSA) is 38.3 Å². The van der Waals surface area contributed by atoms with Crippen LogP contribution in [0.15, 0.2) is 18.2 Å². The van der Waals surface area contributed by atoms with Crippen LogP contribution in [0.4, 0.5) is 5.69 Å². The molecule has 1 fully saturated rings. The number of hydrogen-bond donors (Lipinski definition) is 1. The number of benzene rings is 1. The van der Waals surface area contributed by atoms with Crippen LogP contribution in [0.25, 0.3) is 0 Å². The molecule has 3 nitrogen and oxygen atoms in total. The third kappa shape index (κ3) is 3.97. The Balaban J connectivity index is 2.05. The Morgan fingerprint density at radius 1 is 1.56 bits per heavy atom. The van der Waals surface area contributed by atoms with Crippen LogP contribution < -0.4 is 5.32 Å². The second kappa shape index (κ2) is 6.55. The average Bonchev–Trinajstić information content (AvgIpc) is 2.34. The highest BCUT2D eigenvalue weighted by atomic mass is 35.5. The zero-order valence-electron chi connectivity index (χ0n) is 10.4. The molecular formula is C13H18ClNO2S. The Labute approximate surface area is 115 Å². The van der Waals surface area contributed by atoms with Crippen LogP contribution in [-0.4, -0.2) is 29.7 Å². The molecule has 2 rings (SSSR count). The van der Waals surface area contributed by atoms with Crippen molar-refractivity contribution in [1.82, 2.24) is 0 Å². The summed E-state index contributed by atoms with van der Waals surface area (Å²) in [4.78, 5) is 0. The lowest BCUT2D eigenvalue weighted by atomic mass is 10.1. The molecule has 0 spiro atoms. The first-order valence-corrected chi connectivity index (χ1v) is 8.18. The van der Waals surface area contributed by atoms with Gasteiger partial charge >= 0.3 is 0 Å². The molecule has 18 heavy (non-hydrogen) atoms. The molecule has 0 saturated carbocycles. The molecule has 0 aromatic heterocycles. The van der Waals surface area contributed by atoms with E-state index in [0.717, 1.165) is 37.3 Å². The molecule has 0 bridgehead atoms. The van der Waals surface area contributed by atoms with Crippen LogP contribution in [0.5, 0.6) is 0 Å². The standard InChI is InChI=1S/C13H18ClNO2S/c1-18(16)9-10-7-11(4-5-13(10)14)15-12-3-2-6-17-8-12/h4-5,7,12,15H,2-3,6,8-9H2,1H3/t12-,18-/m0/s1. The molecule has 0 radical (unpaired) electrons. The van der Waals surface area contributed by atoms with Gasteiger partial charge in [0, 0.05) is 46.2 Å². The lowest BCUT2D eigenvalue weighted by Crippen LogP contribution is -2.29. The minimum Gasteiger partial charge on any atom is -0.380 e. The van der Waals surface area contributed by atoms with Gasteiger partial charge in [0.05, 0.1) is 6.61 Å². The molecular weight excluding hydrogens is 270 g/mol. The van der Waals surface area contributed by atoms with Crippen molar-refractivity contribution in [3.63, 3.8) is 0 Å². The van der Waals surface area contributed by atoms with Gasteiger partial charge in [-0.2, -0.15) is 0 Å². The van der Waals surface area contributed by atoms with Gasteiger partial charge in [0.25, 0.3) is 0 Å². The van der Waals surface area contributed by atoms with Crippen LogP contribution >= 0.6 is 11.6 Å². The van der Waals surface area contributed by atoms with Gasteiger partial charge in [0.1, 0.15) is 0 Å². The summed E-state index contributed by atoms with van der Waals surface area (Å²) >= 11 is 6.10. The van der Waals surface area contributed by atoms with E-state index in [1.54, 1.807) is 6.26 Å². The van der Waals surface area contributed by atoms with Gasteiger partial charge in [-0.25, -0.2) is 0 Å². The Hall–Kier alpha value is -0.580. The normalized spacial score (nSPS) is 21.6. The van der Waals surface area contributed by atoms with Crippen LogP contribution in [0.2, 0.25) is 5.02 Å². The van der Waals surface area contributed by atoms with Crippen molar-refractivity contribution in [3.05, 3.63) is 28.8 Å². The SMILES string of the molecule is C[S@](=O)Cc1cc(N[C@H]2CCCOC2)ccc1Cl. The van der Waals surface area contributed by atoms with Gasteiger partial charge < -0.3 is 10.1 Å². The average molecular weight is 288 g/mol. The van der Waals surface area contributed by atoms with E-state index >= 15 is 0 Å². The first kappa shape index (κ1) is 13.8. The molecule has 1 heterocycles. The quantitative estimate of drug-likeness (QED) is 0.925. The Bertz CT molecular complexity index is 433. The van der Waals surface area contributed by atoms with Crippen LogP contribution in [0, 0.1) is 0 Å². The number of hydrogen-bond acceptors (Lipinski definition) is 3. The second-order valence-electron chi connectivity index (χ2n) is 4.58. The molecule has 1 N–H and O–H groups in total. The Morgan fingerprint density at radius 3 is 3.06 bits per heavy atom. The highest BCUT2D eigenvalue weighted by Crippen LogP contribution is 2.23. The predicted octanol–water partition coefficient (Wildman–Crippen LogP) is 2.81. The number of ether oxygens (including phenoxy) is 1. The number of anilines is 1. The minimum atomic E-state index is -0.879. The summed E-state index contributed by atoms with van der Waals surface area (Å²) < 4.78 is 16.7. The lowest BCUT2D eigenvalue weighted by molar-refractivity contribution is 0.0876. The molecule has 2 atom stereocenters. The summed E-state index contributed by atoms with van der Waals surface area (Å²) in [5, 5.41) is 4.12. The summed E-state index contributed by atoms with van der Waals surface area (Å²) in [5.74, 6) is 0.496. The van der Waals surface area contributed by atoms with Crippen molar-refractivity contribution < 1.29 is 8.95 Å². The summed E-state index contributed by atoms with van der Waals surface area (Å²) in [6.07, 6.45) is 3.90. The van der Waals surface area contributed by atoms with E-state index < -0.39 is 10.8 Å². The third-order valence-electron chi connectivity index (χ3n) is 2.94. The zero-order valence-corrected chi connectivity index (χ0v) is 12.0. The lowest BCUT2D eigenvalue weighted by Gasteiger charge is -2.24. The molecule has 0 amide bonds. The predicted molar refractivity (Wildman–Crippen MR) is 76.7 cm³/mol. The van der Waals surface area contributed by atoms with Crippen molar-refractivity contribution in [2.75, 3.05) is 24.8 Å². The minimum absolute atomic E-state index is 0.361. The molecule has 1 aromatic rings. The Morgan fingerprint density at radius 2 is 2.39 bits per heavy atom. The molecule has 1 aliphatic heterocycles. The van der Waals surface area contributed by atoms with Gasteiger partial charge in [-0.15, -0.1) is 0 Å². The van der Waals surface area contributed by atoms with Crippen molar-refractivity contribution in [2.24, 2.45) is 0 Å². The molecule has 1 aliphatic rings. The van der Waals surface area contributed by atoms with Gasteiger partial charge in [-0.05, 0) is 36.6 Å². The monoisotopic (exact) mass is 287 g/mol. The van der Waals surface area contributed by atoms with E-state index in [-0.39, 0.29) is 0 Å². The van der Waals surface area contributed by atoms with Crippen LogP contribution in [0.1, 0.15) is 18.4 Å². The second-order valence-corrected chi connectivity index (χ2v) is 6.42. The van der Waals surface area contributed by atoms with Gasteiger partial charge in [-0.1, -0.05) is 11.6 Å². The fourth-order valence-corrected chi connectivity index (χ4v) is 3.02. The summed E-state index contributed by atoms with van der Waals surface area (Å²) in [5.41, 5.74) is 1.95. The number of nitrogens with one attached hydrogen (secondary N) is 1. The van der Waals surface area contributed by atoms with Crippen molar-refractivity contribution >= 4 is 28.1 Å². The van der Waals surface area contributed by atoms with Crippen molar-refractivity contribution in [1.29, 1.82) is 0 Å². The van der Waals surface area contributed by atoms with E-state index in [0.29, 0.717) is 16.8 Å². The summed E-state index contributed by atoms with van der Waals surface area (Å²) in [6.45, 7) is 1.61. The molecule has 5 heteroatoms.